The molecule has 0 N–H and O–H groups in total. The number of ether oxygens (including phenoxy) is 3. The molecule has 0 bridgehead atoms. The van der Waals surface area contributed by atoms with Crippen molar-refractivity contribution >= 4 is 0 Å². The van der Waals surface area contributed by atoms with Gasteiger partial charge in [0.05, 0.1) is 13.2 Å². The van der Waals surface area contributed by atoms with Gasteiger partial charge in [0.15, 0.2) is 0 Å². The van der Waals surface area contributed by atoms with Gasteiger partial charge in [-0.25, -0.2) is 0 Å². The Morgan fingerprint density at radius 1 is 0.810 bits per heavy atom. The summed E-state index contributed by atoms with van der Waals surface area (Å²) in [4.78, 5) is 0. The first-order valence-corrected chi connectivity index (χ1v) is 7.08. The Labute approximate surface area is 126 Å². The lowest BCUT2D eigenvalue weighted by molar-refractivity contribution is 0.0716. The summed E-state index contributed by atoms with van der Waals surface area (Å²) in [6.45, 7) is 2.55. The van der Waals surface area contributed by atoms with Crippen molar-refractivity contribution in [1.29, 1.82) is 0 Å². The van der Waals surface area contributed by atoms with Gasteiger partial charge in [0.1, 0.15) is 18.1 Å². The molecule has 21 heavy (non-hydrogen) atoms. The van der Waals surface area contributed by atoms with E-state index >= 15 is 0 Å². The smallest absolute Gasteiger partial charge is 0.119 e. The third-order valence-electron chi connectivity index (χ3n) is 3.38. The Balaban J connectivity index is 1.92. The third-order valence-corrected chi connectivity index (χ3v) is 3.38. The zero-order valence-corrected chi connectivity index (χ0v) is 12.8. The molecular weight excluding hydrogens is 264 g/mol. The summed E-state index contributed by atoms with van der Waals surface area (Å²) >= 11 is 0. The van der Waals surface area contributed by atoms with Crippen LogP contribution in [0.1, 0.15) is 18.1 Å². The molecular formula is C18H22O3. The average molecular weight is 286 g/mol. The van der Waals surface area contributed by atoms with Crippen LogP contribution in [0.4, 0.5) is 0 Å². The molecule has 0 amide bonds. The molecule has 3 heteroatoms. The monoisotopic (exact) mass is 286 g/mol. The van der Waals surface area contributed by atoms with Crippen LogP contribution in [0.5, 0.6) is 11.5 Å². The van der Waals surface area contributed by atoms with Crippen molar-refractivity contribution in [2.24, 2.45) is 0 Å². The van der Waals surface area contributed by atoms with E-state index in [0.717, 1.165) is 17.9 Å². The maximum Gasteiger partial charge on any atom is 0.119 e. The molecule has 112 valence electrons. The van der Waals surface area contributed by atoms with Gasteiger partial charge in [-0.3, -0.25) is 0 Å². The van der Waals surface area contributed by atoms with Crippen molar-refractivity contribution in [2.75, 3.05) is 20.8 Å². The lowest BCUT2D eigenvalue weighted by atomic mass is 10.0. The van der Waals surface area contributed by atoms with Crippen LogP contribution in [0.2, 0.25) is 0 Å². The molecule has 3 nitrogen and oxygen atoms in total. The summed E-state index contributed by atoms with van der Waals surface area (Å²) < 4.78 is 16.0. The highest BCUT2D eigenvalue weighted by Crippen LogP contribution is 2.17. The summed E-state index contributed by atoms with van der Waals surface area (Å²) in [6.07, 6.45) is 1.00. The molecule has 0 radical (unpaired) electrons. The zero-order chi connectivity index (χ0) is 15.1. The van der Waals surface area contributed by atoms with Crippen LogP contribution in [-0.4, -0.2) is 26.9 Å². The number of hydrogen-bond acceptors (Lipinski definition) is 3. The molecule has 0 aliphatic rings. The molecule has 2 aromatic rings. The fourth-order valence-electron chi connectivity index (χ4n) is 1.96. The second-order valence-electron chi connectivity index (χ2n) is 5.03. The summed E-state index contributed by atoms with van der Waals surface area (Å²) in [5, 5.41) is 0. The Hall–Kier alpha value is -2.00. The maximum absolute atomic E-state index is 5.65. The van der Waals surface area contributed by atoms with Gasteiger partial charge in [-0.2, -0.15) is 0 Å². The Morgan fingerprint density at radius 2 is 1.33 bits per heavy atom. The predicted molar refractivity (Wildman–Crippen MR) is 84.2 cm³/mol. The Bertz CT molecular complexity index is 531. The number of methoxy groups -OCH3 is 2. The van der Waals surface area contributed by atoms with E-state index in [1.807, 2.05) is 31.2 Å². The summed E-state index contributed by atoms with van der Waals surface area (Å²) in [5.74, 6) is 1.76. The Kier molecular flexibility index (Phi) is 5.64. The summed E-state index contributed by atoms with van der Waals surface area (Å²) in [7, 11) is 3.37. The number of rotatable bonds is 7. The van der Waals surface area contributed by atoms with Gasteiger partial charge in [0.2, 0.25) is 0 Å². The molecule has 0 heterocycles. The average Bonchev–Trinajstić information content (AvgIpc) is 2.54. The van der Waals surface area contributed by atoms with Gasteiger partial charge in [0.25, 0.3) is 0 Å². The molecule has 0 saturated heterocycles. The number of benzene rings is 2. The van der Waals surface area contributed by atoms with E-state index in [1.54, 1.807) is 14.2 Å². The first-order valence-electron chi connectivity index (χ1n) is 7.08. The van der Waals surface area contributed by atoms with Gasteiger partial charge in [-0.05, 0) is 48.7 Å². The molecule has 0 aliphatic carbocycles. The van der Waals surface area contributed by atoms with E-state index in [9.17, 15) is 0 Å². The fourth-order valence-corrected chi connectivity index (χ4v) is 1.96. The second kappa shape index (κ2) is 7.70. The minimum absolute atomic E-state index is 0.101. The van der Waals surface area contributed by atoms with Gasteiger partial charge in [-0.1, -0.05) is 24.3 Å². The van der Waals surface area contributed by atoms with Gasteiger partial charge >= 0.3 is 0 Å². The van der Waals surface area contributed by atoms with E-state index in [2.05, 4.69) is 24.3 Å². The molecule has 0 fully saturated rings. The number of hydrogen-bond donors (Lipinski definition) is 0. The molecule has 2 aromatic carbocycles. The third kappa shape index (κ3) is 4.80. The standard InChI is InChI=1S/C18H22O3/c1-14(19-2)13-21-18-10-6-16(7-11-18)12-15-4-8-17(20-3)9-5-15/h4-11,14H,12-13H2,1-3H3. The van der Waals surface area contributed by atoms with Crippen molar-refractivity contribution in [1.82, 2.24) is 0 Å². The Morgan fingerprint density at radius 3 is 1.81 bits per heavy atom. The highest BCUT2D eigenvalue weighted by atomic mass is 16.5. The largest absolute Gasteiger partial charge is 0.497 e. The molecule has 0 aliphatic heterocycles. The topological polar surface area (TPSA) is 27.7 Å². The van der Waals surface area contributed by atoms with E-state index in [0.29, 0.717) is 6.61 Å². The lowest BCUT2D eigenvalue weighted by Crippen LogP contribution is -2.15. The molecule has 0 saturated carbocycles. The minimum Gasteiger partial charge on any atom is -0.497 e. The molecule has 1 atom stereocenters. The molecule has 1 unspecified atom stereocenters. The SMILES string of the molecule is COc1ccc(Cc2ccc(OCC(C)OC)cc2)cc1. The van der Waals surface area contributed by atoms with E-state index < -0.39 is 0 Å². The van der Waals surface area contributed by atoms with Crippen LogP contribution < -0.4 is 9.47 Å². The van der Waals surface area contributed by atoms with Gasteiger partial charge in [0, 0.05) is 7.11 Å². The highest BCUT2D eigenvalue weighted by molar-refractivity contribution is 5.34. The first-order chi connectivity index (χ1) is 10.2. The van der Waals surface area contributed by atoms with Crippen molar-refractivity contribution in [3.05, 3.63) is 59.7 Å². The second-order valence-corrected chi connectivity index (χ2v) is 5.03. The normalized spacial score (nSPS) is 12.0. The van der Waals surface area contributed by atoms with Gasteiger partial charge in [-0.15, -0.1) is 0 Å². The molecule has 0 aromatic heterocycles. The van der Waals surface area contributed by atoms with Crippen molar-refractivity contribution in [2.45, 2.75) is 19.4 Å². The van der Waals surface area contributed by atoms with E-state index in [-0.39, 0.29) is 6.10 Å². The maximum atomic E-state index is 5.65. The predicted octanol–water partition coefficient (Wildman–Crippen LogP) is 3.70. The molecule has 0 spiro atoms. The van der Waals surface area contributed by atoms with Crippen LogP contribution in [0.25, 0.3) is 0 Å². The van der Waals surface area contributed by atoms with E-state index in [1.165, 1.54) is 11.1 Å². The van der Waals surface area contributed by atoms with Crippen molar-refractivity contribution in [3.8, 4) is 11.5 Å². The van der Waals surface area contributed by atoms with Crippen molar-refractivity contribution < 1.29 is 14.2 Å². The van der Waals surface area contributed by atoms with Crippen LogP contribution in [-0.2, 0) is 11.2 Å². The van der Waals surface area contributed by atoms with Crippen molar-refractivity contribution in [3.63, 3.8) is 0 Å². The first kappa shape index (κ1) is 15.4. The fraction of sp³-hybridized carbons (Fsp3) is 0.333. The highest BCUT2D eigenvalue weighted by Gasteiger charge is 2.02. The van der Waals surface area contributed by atoms with Crippen LogP contribution >= 0.6 is 0 Å². The zero-order valence-electron chi connectivity index (χ0n) is 12.8. The van der Waals surface area contributed by atoms with Gasteiger partial charge < -0.3 is 14.2 Å². The quantitative estimate of drug-likeness (QED) is 0.776. The van der Waals surface area contributed by atoms with Crippen LogP contribution in [0, 0.1) is 0 Å². The molecule has 2 rings (SSSR count). The van der Waals surface area contributed by atoms with Crippen LogP contribution in [0.3, 0.4) is 0 Å². The minimum atomic E-state index is 0.101. The summed E-state index contributed by atoms with van der Waals surface area (Å²) in [6, 6.07) is 16.3. The lowest BCUT2D eigenvalue weighted by Gasteiger charge is -2.11. The summed E-state index contributed by atoms with van der Waals surface area (Å²) in [5.41, 5.74) is 2.52. The van der Waals surface area contributed by atoms with E-state index in [4.69, 9.17) is 14.2 Å². The van der Waals surface area contributed by atoms with Crippen LogP contribution in [0.15, 0.2) is 48.5 Å².